The molecular formula is C26H27F4N9O2S. The predicted octanol–water partition coefficient (Wildman–Crippen LogP) is 4.94. The van der Waals surface area contributed by atoms with E-state index in [9.17, 15) is 26.0 Å². The van der Waals surface area contributed by atoms with Crippen LogP contribution in [-0.4, -0.2) is 66.0 Å². The molecular weight excluding hydrogens is 578 g/mol. The Labute approximate surface area is 238 Å². The minimum atomic E-state index is -4.41. The lowest BCUT2D eigenvalue weighted by atomic mass is 9.93. The average molecular weight is 606 g/mol. The van der Waals surface area contributed by atoms with Crippen molar-refractivity contribution in [2.24, 2.45) is 0 Å². The van der Waals surface area contributed by atoms with E-state index in [1.807, 2.05) is 0 Å². The van der Waals surface area contributed by atoms with Gasteiger partial charge in [0.15, 0.2) is 5.82 Å². The van der Waals surface area contributed by atoms with Crippen LogP contribution in [0.1, 0.15) is 38.5 Å². The van der Waals surface area contributed by atoms with E-state index in [4.69, 9.17) is 0 Å². The molecule has 11 nitrogen and oxygen atoms in total. The van der Waals surface area contributed by atoms with Crippen LogP contribution in [0.15, 0.2) is 49.2 Å². The summed E-state index contributed by atoms with van der Waals surface area (Å²) in [5.74, 6) is 1.01. The lowest BCUT2D eigenvalue weighted by Gasteiger charge is -2.27. The van der Waals surface area contributed by atoms with Gasteiger partial charge >= 0.3 is 6.18 Å². The first kappa shape index (κ1) is 28.1. The Hall–Kier alpha value is -4.08. The lowest BCUT2D eigenvalue weighted by Crippen LogP contribution is -2.27. The number of anilines is 3. The molecule has 2 fully saturated rings. The summed E-state index contributed by atoms with van der Waals surface area (Å²) in [5.41, 5.74) is 1.80. The van der Waals surface area contributed by atoms with Gasteiger partial charge in [0.25, 0.3) is 10.0 Å². The number of hydrogen-bond donors (Lipinski definition) is 2. The van der Waals surface area contributed by atoms with Crippen LogP contribution in [0.5, 0.6) is 0 Å². The van der Waals surface area contributed by atoms with Gasteiger partial charge < -0.3 is 10.6 Å². The quantitative estimate of drug-likeness (QED) is 0.255. The molecule has 0 atom stereocenters. The highest BCUT2D eigenvalue weighted by Gasteiger charge is 2.37. The minimum absolute atomic E-state index is 0.0302. The molecule has 0 aromatic carbocycles. The number of alkyl halides is 4. The molecule has 0 amide bonds. The number of hydrogen-bond acceptors (Lipinski definition) is 9. The van der Waals surface area contributed by atoms with Gasteiger partial charge in [0.1, 0.15) is 24.4 Å². The molecule has 2 aliphatic rings. The minimum Gasteiger partial charge on any atom is -0.382 e. The fourth-order valence-electron chi connectivity index (χ4n) is 4.82. The summed E-state index contributed by atoms with van der Waals surface area (Å²) in [7, 11) is -3.53. The lowest BCUT2D eigenvalue weighted by molar-refractivity contribution is -0.142. The maximum atomic E-state index is 13.7. The summed E-state index contributed by atoms with van der Waals surface area (Å²) in [5, 5.41) is 14.2. The molecule has 42 heavy (non-hydrogen) atoms. The monoisotopic (exact) mass is 605 g/mol. The van der Waals surface area contributed by atoms with E-state index < -0.39 is 34.2 Å². The molecule has 0 radical (unpaired) electrons. The molecule has 0 bridgehead atoms. The number of nitrogens with one attached hydrogen (secondary N) is 2. The molecule has 4 aromatic heterocycles. The third kappa shape index (κ3) is 6.37. The van der Waals surface area contributed by atoms with Crippen molar-refractivity contribution in [3.05, 3.63) is 49.2 Å². The van der Waals surface area contributed by atoms with Gasteiger partial charge in [-0.25, -0.2) is 27.8 Å². The van der Waals surface area contributed by atoms with Crippen LogP contribution in [-0.2, 0) is 16.6 Å². The fraction of sp³-hybridized carbons (Fsp3) is 0.423. The standard InChI is InChI=1S/C26H27F4N9O2S/c27-17-1-3-18(4-2-17)34-22-11-24(32-13-20(22)21-8-10-38(37-21)15-26(28,29)30)35-23-7-9-31-25(36-23)16-12-33-39(14-16)42(40,41)19-5-6-19/h7-14,17-19H,1-6,15H2,(H2,31,32,34,35,36). The van der Waals surface area contributed by atoms with E-state index in [1.165, 1.54) is 37.1 Å². The van der Waals surface area contributed by atoms with Crippen LogP contribution < -0.4 is 10.6 Å². The first-order chi connectivity index (χ1) is 20.0. The highest BCUT2D eigenvalue weighted by Crippen LogP contribution is 2.33. The second-order valence-electron chi connectivity index (χ2n) is 10.5. The molecule has 0 unspecified atom stereocenters. The number of aromatic nitrogens is 7. The highest BCUT2D eigenvalue weighted by molar-refractivity contribution is 7.90. The van der Waals surface area contributed by atoms with Crippen LogP contribution >= 0.6 is 0 Å². The Morgan fingerprint density at radius 2 is 1.79 bits per heavy atom. The van der Waals surface area contributed by atoms with Gasteiger partial charge in [-0.1, -0.05) is 0 Å². The maximum absolute atomic E-state index is 13.7. The van der Waals surface area contributed by atoms with Crippen LogP contribution in [0.25, 0.3) is 22.6 Å². The molecule has 2 N–H and O–H groups in total. The van der Waals surface area contributed by atoms with Gasteiger partial charge in [-0.05, 0) is 50.7 Å². The molecule has 16 heteroatoms. The number of nitrogens with zero attached hydrogens (tertiary/aromatic N) is 7. The largest absolute Gasteiger partial charge is 0.408 e. The molecule has 0 saturated heterocycles. The summed E-state index contributed by atoms with van der Waals surface area (Å²) in [6, 6.07) is 4.76. The van der Waals surface area contributed by atoms with E-state index in [0.29, 0.717) is 72.7 Å². The zero-order chi connectivity index (χ0) is 29.5. The van der Waals surface area contributed by atoms with Gasteiger partial charge in [-0.3, -0.25) is 4.68 Å². The molecule has 0 spiro atoms. The second-order valence-corrected chi connectivity index (χ2v) is 12.5. The third-order valence-electron chi connectivity index (χ3n) is 7.11. The molecule has 6 rings (SSSR count). The van der Waals surface area contributed by atoms with Gasteiger partial charge in [0, 0.05) is 41.9 Å². The number of pyridine rings is 1. The van der Waals surface area contributed by atoms with Crippen molar-refractivity contribution in [2.75, 3.05) is 10.6 Å². The Bertz CT molecular complexity index is 1680. The first-order valence-corrected chi connectivity index (χ1v) is 14.9. The van der Waals surface area contributed by atoms with Crippen molar-refractivity contribution in [3.63, 3.8) is 0 Å². The van der Waals surface area contributed by atoms with E-state index in [-0.39, 0.29) is 11.9 Å². The van der Waals surface area contributed by atoms with Crippen LogP contribution in [0.2, 0.25) is 0 Å². The Balaban J connectivity index is 1.25. The zero-order valence-electron chi connectivity index (χ0n) is 22.2. The van der Waals surface area contributed by atoms with E-state index in [1.54, 1.807) is 12.1 Å². The maximum Gasteiger partial charge on any atom is 0.408 e. The van der Waals surface area contributed by atoms with Crippen molar-refractivity contribution in [1.82, 2.24) is 33.9 Å². The summed E-state index contributed by atoms with van der Waals surface area (Å²) < 4.78 is 79.2. The zero-order valence-corrected chi connectivity index (χ0v) is 23.0. The molecule has 222 valence electrons. The van der Waals surface area contributed by atoms with Gasteiger partial charge in [0.2, 0.25) is 0 Å². The fourth-order valence-corrected chi connectivity index (χ4v) is 6.29. The summed E-state index contributed by atoms with van der Waals surface area (Å²) in [6.45, 7) is -1.22. The number of halogens is 4. The summed E-state index contributed by atoms with van der Waals surface area (Å²) in [6.07, 6.45) is 5.06. The highest BCUT2D eigenvalue weighted by atomic mass is 32.2. The topological polar surface area (TPSA) is 133 Å². The van der Waals surface area contributed by atoms with Gasteiger partial charge in [-0.2, -0.15) is 27.5 Å². The van der Waals surface area contributed by atoms with Crippen molar-refractivity contribution in [3.8, 4) is 22.6 Å². The predicted molar refractivity (Wildman–Crippen MR) is 146 cm³/mol. The Morgan fingerprint density at radius 1 is 1.00 bits per heavy atom. The Kier molecular flexibility index (Phi) is 7.32. The van der Waals surface area contributed by atoms with Crippen molar-refractivity contribution >= 4 is 27.3 Å². The van der Waals surface area contributed by atoms with E-state index >= 15 is 0 Å². The van der Waals surface area contributed by atoms with Gasteiger partial charge in [0.05, 0.1) is 28.9 Å². The molecule has 4 heterocycles. The normalized spacial score (nSPS) is 19.5. The first-order valence-electron chi connectivity index (χ1n) is 13.4. The van der Waals surface area contributed by atoms with Crippen molar-refractivity contribution < 1.29 is 26.0 Å². The molecule has 2 aliphatic carbocycles. The summed E-state index contributed by atoms with van der Waals surface area (Å²) in [4.78, 5) is 13.1. The van der Waals surface area contributed by atoms with Gasteiger partial charge in [-0.15, -0.1) is 0 Å². The third-order valence-corrected chi connectivity index (χ3v) is 9.15. The molecule has 0 aliphatic heterocycles. The number of rotatable bonds is 9. The van der Waals surface area contributed by atoms with Crippen molar-refractivity contribution in [2.45, 2.75) is 68.7 Å². The smallest absolute Gasteiger partial charge is 0.382 e. The van der Waals surface area contributed by atoms with E-state index in [0.717, 1.165) is 8.77 Å². The Morgan fingerprint density at radius 3 is 2.52 bits per heavy atom. The van der Waals surface area contributed by atoms with Crippen LogP contribution in [0, 0.1) is 0 Å². The van der Waals surface area contributed by atoms with Crippen LogP contribution in [0.3, 0.4) is 0 Å². The SMILES string of the molecule is O=S(=O)(C1CC1)n1cc(-c2nccc(Nc3cc(NC4CCC(F)CC4)c(-c4ccn(CC(F)(F)F)n4)cn3)n2)cn1. The van der Waals surface area contributed by atoms with Crippen molar-refractivity contribution in [1.29, 1.82) is 0 Å². The summed E-state index contributed by atoms with van der Waals surface area (Å²) >= 11 is 0. The van der Waals surface area contributed by atoms with E-state index in [2.05, 4.69) is 35.8 Å². The molecule has 4 aromatic rings. The second kappa shape index (κ2) is 11.0. The van der Waals surface area contributed by atoms with Crippen LogP contribution in [0.4, 0.5) is 34.9 Å². The molecule has 2 saturated carbocycles. The average Bonchev–Trinajstić information content (AvgIpc) is 3.52.